The van der Waals surface area contributed by atoms with Crippen LogP contribution in [0.1, 0.15) is 11.5 Å². The fourth-order valence-corrected chi connectivity index (χ4v) is 1.07. The molecule has 0 aliphatic rings. The Bertz CT molecular complexity index is 327. The number of nitrogens with two attached hydrogens (primary N) is 1. The summed E-state index contributed by atoms with van der Waals surface area (Å²) in [6.45, 7) is -0.363. The van der Waals surface area contributed by atoms with Gasteiger partial charge in [-0.05, 0) is 4.92 Å². The number of H-pyrrole nitrogens is 1. The summed E-state index contributed by atoms with van der Waals surface area (Å²) < 4.78 is 24.7. The molecule has 6 nitrogen and oxygen atoms in total. The van der Waals surface area contributed by atoms with E-state index in [0.717, 1.165) is 6.20 Å². The number of nitrogens with zero attached hydrogens (tertiary/aromatic N) is 2. The van der Waals surface area contributed by atoms with E-state index < -0.39 is 23.1 Å². The maximum atomic E-state index is 12.4. The van der Waals surface area contributed by atoms with E-state index in [4.69, 9.17) is 5.73 Å². The van der Waals surface area contributed by atoms with E-state index in [-0.39, 0.29) is 12.1 Å². The topological polar surface area (TPSA) is 97.8 Å². The molecule has 8 heteroatoms. The number of halogens is 2. The van der Waals surface area contributed by atoms with Crippen LogP contribution in [-0.2, 0) is 0 Å². The summed E-state index contributed by atoms with van der Waals surface area (Å²) >= 11 is 0. The summed E-state index contributed by atoms with van der Waals surface area (Å²) in [5, 5.41) is 15.8. The summed E-state index contributed by atoms with van der Waals surface area (Å²) in [6, 6.07) is 0. The predicted octanol–water partition coefficient (Wildman–Crippen LogP) is 0.625. The minimum atomic E-state index is -2.74. The van der Waals surface area contributed by atoms with Gasteiger partial charge in [0.2, 0.25) is 6.43 Å². The lowest BCUT2D eigenvalue weighted by Crippen LogP contribution is -2.20. The van der Waals surface area contributed by atoms with E-state index in [0.29, 0.717) is 0 Å². The van der Waals surface area contributed by atoms with E-state index in [1.165, 1.54) is 0 Å². The number of alkyl halides is 2. The Balaban J connectivity index is 3.03. The normalized spacial score (nSPS) is 13.1. The van der Waals surface area contributed by atoms with Gasteiger partial charge in [-0.2, -0.15) is 0 Å². The Morgan fingerprint density at radius 2 is 2.36 bits per heavy atom. The molecule has 3 N–H and O–H groups in total. The summed E-state index contributed by atoms with van der Waals surface area (Å²) in [5.41, 5.74) is 4.93. The minimum Gasteiger partial charge on any atom is -0.358 e. The molecular formula is C6H8F2N4O2. The van der Waals surface area contributed by atoms with Crippen LogP contribution in [0.15, 0.2) is 6.20 Å². The first-order valence-electron chi connectivity index (χ1n) is 3.73. The predicted molar refractivity (Wildman–Crippen MR) is 43.0 cm³/mol. The summed E-state index contributed by atoms with van der Waals surface area (Å²) in [6.07, 6.45) is -1.74. The third-order valence-electron chi connectivity index (χ3n) is 1.79. The molecule has 1 heterocycles. The molecular weight excluding hydrogens is 198 g/mol. The van der Waals surface area contributed by atoms with Crippen LogP contribution in [0.3, 0.4) is 0 Å². The lowest BCUT2D eigenvalue weighted by Gasteiger charge is -2.10. The smallest absolute Gasteiger partial charge is 0.346 e. The number of rotatable bonds is 4. The van der Waals surface area contributed by atoms with E-state index in [2.05, 4.69) is 5.10 Å². The third-order valence-corrected chi connectivity index (χ3v) is 1.79. The molecule has 0 saturated heterocycles. The number of aromatic amines is 1. The number of nitrogens with one attached hydrogen (secondary N) is 1. The molecule has 0 spiro atoms. The first-order chi connectivity index (χ1) is 6.57. The van der Waals surface area contributed by atoms with Crippen molar-refractivity contribution in [3.8, 4) is 0 Å². The molecule has 78 valence electrons. The molecule has 1 unspecified atom stereocenters. The Morgan fingerprint density at radius 1 is 1.71 bits per heavy atom. The van der Waals surface area contributed by atoms with Gasteiger partial charge in [0, 0.05) is 6.54 Å². The summed E-state index contributed by atoms with van der Waals surface area (Å²) in [7, 11) is 0. The quantitative estimate of drug-likeness (QED) is 0.557. The highest BCUT2D eigenvalue weighted by Gasteiger charge is 2.29. The van der Waals surface area contributed by atoms with Gasteiger partial charge in [-0.1, -0.05) is 5.10 Å². The molecule has 1 aromatic rings. The van der Waals surface area contributed by atoms with Gasteiger partial charge in [0.25, 0.3) is 0 Å². The fraction of sp³-hybridized carbons (Fsp3) is 0.500. The lowest BCUT2D eigenvalue weighted by molar-refractivity contribution is -0.390. The van der Waals surface area contributed by atoms with Gasteiger partial charge >= 0.3 is 5.82 Å². The van der Waals surface area contributed by atoms with Crippen molar-refractivity contribution < 1.29 is 13.7 Å². The number of hydrogen-bond donors (Lipinski definition) is 2. The SMILES string of the molecule is NCC(c1cn[nH]c1[N+](=O)[O-])C(F)F. The first kappa shape index (κ1) is 10.5. The Labute approximate surface area is 77.2 Å². The van der Waals surface area contributed by atoms with Crippen LogP contribution in [0.25, 0.3) is 0 Å². The molecule has 0 aliphatic heterocycles. The van der Waals surface area contributed by atoms with E-state index >= 15 is 0 Å². The molecule has 1 atom stereocenters. The third kappa shape index (κ3) is 1.84. The van der Waals surface area contributed by atoms with Crippen molar-refractivity contribution in [3.05, 3.63) is 21.9 Å². The molecule has 1 aromatic heterocycles. The summed E-state index contributed by atoms with van der Waals surface area (Å²) in [5.74, 6) is -1.88. The largest absolute Gasteiger partial charge is 0.358 e. The zero-order valence-electron chi connectivity index (χ0n) is 6.98. The van der Waals surface area contributed by atoms with Gasteiger partial charge < -0.3 is 15.8 Å². The maximum absolute atomic E-state index is 12.4. The average Bonchev–Trinajstić information content (AvgIpc) is 2.53. The molecule has 0 bridgehead atoms. The second-order valence-electron chi connectivity index (χ2n) is 2.61. The first-order valence-corrected chi connectivity index (χ1v) is 3.73. The van der Waals surface area contributed by atoms with Gasteiger partial charge in [0.05, 0.1) is 17.7 Å². The van der Waals surface area contributed by atoms with Crippen molar-refractivity contribution in [2.45, 2.75) is 12.3 Å². The number of nitro groups is 1. The van der Waals surface area contributed by atoms with Crippen LogP contribution in [0.5, 0.6) is 0 Å². The van der Waals surface area contributed by atoms with E-state index in [1.54, 1.807) is 0 Å². The van der Waals surface area contributed by atoms with Crippen molar-refractivity contribution in [2.24, 2.45) is 5.73 Å². The molecule has 0 aliphatic carbocycles. The number of aromatic nitrogens is 2. The van der Waals surface area contributed by atoms with Crippen LogP contribution < -0.4 is 5.73 Å². The van der Waals surface area contributed by atoms with Crippen LogP contribution in [0, 0.1) is 10.1 Å². The molecule has 1 rings (SSSR count). The van der Waals surface area contributed by atoms with E-state index in [9.17, 15) is 18.9 Å². The second kappa shape index (κ2) is 4.09. The zero-order valence-corrected chi connectivity index (χ0v) is 6.98. The lowest BCUT2D eigenvalue weighted by atomic mass is 10.0. The van der Waals surface area contributed by atoms with E-state index in [1.807, 2.05) is 5.10 Å². The van der Waals surface area contributed by atoms with Crippen molar-refractivity contribution >= 4 is 5.82 Å². The second-order valence-corrected chi connectivity index (χ2v) is 2.61. The highest BCUT2D eigenvalue weighted by Crippen LogP contribution is 2.28. The van der Waals surface area contributed by atoms with Crippen LogP contribution in [-0.4, -0.2) is 28.1 Å². The van der Waals surface area contributed by atoms with Gasteiger partial charge in [-0.3, -0.25) is 0 Å². The monoisotopic (exact) mass is 206 g/mol. The van der Waals surface area contributed by atoms with Gasteiger partial charge in [0.1, 0.15) is 0 Å². The van der Waals surface area contributed by atoms with Gasteiger partial charge in [-0.15, -0.1) is 5.10 Å². The van der Waals surface area contributed by atoms with Crippen LogP contribution >= 0.6 is 0 Å². The Kier molecular flexibility index (Phi) is 3.07. The molecule has 0 amide bonds. The van der Waals surface area contributed by atoms with Crippen molar-refractivity contribution in [1.82, 2.24) is 10.2 Å². The zero-order chi connectivity index (χ0) is 10.7. The molecule has 0 fully saturated rings. The molecule has 0 aromatic carbocycles. The van der Waals surface area contributed by atoms with Crippen molar-refractivity contribution in [3.63, 3.8) is 0 Å². The molecule has 14 heavy (non-hydrogen) atoms. The maximum Gasteiger partial charge on any atom is 0.346 e. The highest BCUT2D eigenvalue weighted by molar-refractivity contribution is 5.33. The minimum absolute atomic E-state index is 0.160. The van der Waals surface area contributed by atoms with Crippen molar-refractivity contribution in [1.29, 1.82) is 0 Å². The van der Waals surface area contributed by atoms with Gasteiger partial charge in [-0.25, -0.2) is 8.78 Å². The Morgan fingerprint density at radius 3 is 2.79 bits per heavy atom. The van der Waals surface area contributed by atoms with Crippen molar-refractivity contribution in [2.75, 3.05) is 6.54 Å². The average molecular weight is 206 g/mol. The fourth-order valence-electron chi connectivity index (χ4n) is 1.07. The molecule has 0 radical (unpaired) electrons. The highest BCUT2D eigenvalue weighted by atomic mass is 19.3. The Hall–Kier alpha value is -1.57. The van der Waals surface area contributed by atoms with Crippen LogP contribution in [0.2, 0.25) is 0 Å². The molecule has 0 saturated carbocycles. The summed E-state index contributed by atoms with van der Waals surface area (Å²) in [4.78, 5) is 9.58. The number of hydrogen-bond acceptors (Lipinski definition) is 4. The van der Waals surface area contributed by atoms with Gasteiger partial charge in [0.15, 0.2) is 0 Å². The van der Waals surface area contributed by atoms with Crippen LogP contribution in [0.4, 0.5) is 14.6 Å². The standard InChI is InChI=1S/C6H8F2N4O2/c7-5(8)3(1-9)4-2-10-11-6(4)12(13)14/h2-3,5H,1,9H2,(H,10,11).